The van der Waals surface area contributed by atoms with Crippen LogP contribution >= 0.6 is 0 Å². The lowest BCUT2D eigenvalue weighted by Crippen LogP contribution is -2.48. The first kappa shape index (κ1) is 51.6. The number of hydrogen-bond acceptors (Lipinski definition) is 4. The van der Waals surface area contributed by atoms with Gasteiger partial charge in [0.15, 0.2) is 0 Å². The lowest BCUT2D eigenvalue weighted by molar-refractivity contribution is -0.131. The average molecular weight is 746 g/mol. The van der Waals surface area contributed by atoms with Crippen LogP contribution in [0.25, 0.3) is 0 Å². The van der Waals surface area contributed by atoms with Crippen LogP contribution in [0, 0.1) is 0 Å². The van der Waals surface area contributed by atoms with Gasteiger partial charge in [0.1, 0.15) is 6.10 Å². The van der Waals surface area contributed by atoms with E-state index in [4.69, 9.17) is 0 Å². The maximum Gasteiger partial charge on any atom is 0.249 e. The highest BCUT2D eigenvalue weighted by Gasteiger charge is 2.22. The van der Waals surface area contributed by atoms with Gasteiger partial charge in [-0.05, 0) is 57.8 Å². The molecule has 0 aliphatic rings. The highest BCUT2D eigenvalue weighted by molar-refractivity contribution is 5.80. The zero-order valence-electron chi connectivity index (χ0n) is 35.4. The lowest BCUT2D eigenvalue weighted by Gasteiger charge is -2.21. The zero-order chi connectivity index (χ0) is 38.7. The molecule has 5 heteroatoms. The Morgan fingerprint density at radius 2 is 0.774 bits per heavy atom. The SMILES string of the molecule is CCCCC/C=C/CC/C=C/C(O)C(CO)NC(=O)C(O)CCCCCCCCCCCCCCCC/C=C\CCCCCCCCCCCCCC. The van der Waals surface area contributed by atoms with Crippen LogP contribution < -0.4 is 5.32 Å². The van der Waals surface area contributed by atoms with E-state index in [1.54, 1.807) is 6.08 Å². The van der Waals surface area contributed by atoms with E-state index >= 15 is 0 Å². The first-order chi connectivity index (χ1) is 26.1. The summed E-state index contributed by atoms with van der Waals surface area (Å²) in [6.07, 6.45) is 55.0. The monoisotopic (exact) mass is 746 g/mol. The van der Waals surface area contributed by atoms with E-state index in [0.717, 1.165) is 38.5 Å². The molecule has 0 bridgehead atoms. The summed E-state index contributed by atoms with van der Waals surface area (Å²) >= 11 is 0. The average Bonchev–Trinajstić information content (AvgIpc) is 3.16. The van der Waals surface area contributed by atoms with Gasteiger partial charge < -0.3 is 20.6 Å². The standard InChI is InChI=1S/C48H91NO4/c1-3-5-7-9-11-13-14-15-16-17-18-19-20-21-22-23-24-25-26-27-28-29-30-31-32-33-35-37-39-41-43-47(52)48(53)49-45(44-50)46(51)42-40-38-36-34-12-10-8-6-4-2/h12,21-22,34,40,42,45-47,50-52H,3-11,13-20,23-33,35-39,41,43-44H2,1-2H3,(H,49,53)/b22-21-,34-12+,42-40+. The van der Waals surface area contributed by atoms with Crippen LogP contribution in [-0.2, 0) is 4.79 Å². The number of nitrogens with one attached hydrogen (secondary N) is 1. The Bertz CT molecular complexity index is 824. The molecule has 1 amide bonds. The molecule has 0 aromatic carbocycles. The summed E-state index contributed by atoms with van der Waals surface area (Å²) in [5.41, 5.74) is 0. The van der Waals surface area contributed by atoms with Gasteiger partial charge in [-0.2, -0.15) is 0 Å². The van der Waals surface area contributed by atoms with Crippen molar-refractivity contribution in [3.8, 4) is 0 Å². The summed E-state index contributed by atoms with van der Waals surface area (Å²) in [5.74, 6) is -0.515. The normalized spacial score (nSPS) is 13.8. The van der Waals surface area contributed by atoms with Crippen molar-refractivity contribution in [2.75, 3.05) is 6.61 Å². The Hall–Kier alpha value is -1.43. The molecule has 0 saturated carbocycles. The molecule has 0 spiro atoms. The minimum atomic E-state index is -1.10. The third kappa shape index (κ3) is 38.6. The van der Waals surface area contributed by atoms with E-state index in [1.807, 2.05) is 6.08 Å². The predicted octanol–water partition coefficient (Wildman–Crippen LogP) is 13.5. The highest BCUT2D eigenvalue weighted by Crippen LogP contribution is 2.16. The maximum atomic E-state index is 12.4. The summed E-state index contributed by atoms with van der Waals surface area (Å²) in [6.45, 7) is 4.12. The van der Waals surface area contributed by atoms with Gasteiger partial charge in [0.05, 0.1) is 18.8 Å². The van der Waals surface area contributed by atoms with E-state index in [9.17, 15) is 20.1 Å². The number of rotatable bonds is 42. The molecule has 0 fully saturated rings. The quantitative estimate of drug-likeness (QED) is 0.0370. The van der Waals surface area contributed by atoms with Crippen LogP contribution in [0.5, 0.6) is 0 Å². The van der Waals surface area contributed by atoms with Crippen LogP contribution in [0.1, 0.15) is 239 Å². The minimum Gasteiger partial charge on any atom is -0.394 e. The largest absolute Gasteiger partial charge is 0.394 e. The second-order valence-corrected chi connectivity index (χ2v) is 16.0. The van der Waals surface area contributed by atoms with Crippen molar-refractivity contribution in [3.63, 3.8) is 0 Å². The van der Waals surface area contributed by atoms with Crippen molar-refractivity contribution < 1.29 is 20.1 Å². The molecule has 5 nitrogen and oxygen atoms in total. The molecular formula is C48H91NO4. The minimum absolute atomic E-state index is 0.376. The van der Waals surface area contributed by atoms with Gasteiger partial charge in [-0.3, -0.25) is 4.79 Å². The second-order valence-electron chi connectivity index (χ2n) is 16.0. The summed E-state index contributed by atoms with van der Waals surface area (Å²) in [7, 11) is 0. The molecule has 4 N–H and O–H groups in total. The van der Waals surface area contributed by atoms with Crippen LogP contribution in [0.3, 0.4) is 0 Å². The molecule has 3 atom stereocenters. The molecule has 0 heterocycles. The van der Waals surface area contributed by atoms with Crippen LogP contribution in [0.2, 0.25) is 0 Å². The van der Waals surface area contributed by atoms with Crippen LogP contribution in [-0.4, -0.2) is 46.1 Å². The molecular weight excluding hydrogens is 655 g/mol. The fraction of sp³-hybridized carbons (Fsp3) is 0.854. The van der Waals surface area contributed by atoms with Crippen molar-refractivity contribution >= 4 is 5.91 Å². The number of amides is 1. The summed E-state index contributed by atoms with van der Waals surface area (Å²) < 4.78 is 0. The number of hydrogen-bond donors (Lipinski definition) is 4. The van der Waals surface area contributed by atoms with Gasteiger partial charge in [0.2, 0.25) is 5.91 Å². The number of aliphatic hydroxyl groups excluding tert-OH is 3. The van der Waals surface area contributed by atoms with Crippen LogP contribution in [0.15, 0.2) is 36.5 Å². The number of unbranched alkanes of at least 4 members (excludes halogenated alkanes) is 30. The van der Waals surface area contributed by atoms with Crippen molar-refractivity contribution in [1.29, 1.82) is 0 Å². The molecule has 3 unspecified atom stereocenters. The van der Waals surface area contributed by atoms with Gasteiger partial charge in [-0.25, -0.2) is 0 Å². The van der Waals surface area contributed by atoms with Crippen molar-refractivity contribution in [1.82, 2.24) is 5.32 Å². The Morgan fingerprint density at radius 3 is 1.19 bits per heavy atom. The Morgan fingerprint density at radius 1 is 0.453 bits per heavy atom. The van der Waals surface area contributed by atoms with Gasteiger partial charge in [-0.15, -0.1) is 0 Å². The molecule has 0 rings (SSSR count). The molecule has 312 valence electrons. The Labute approximate surface area is 330 Å². The van der Waals surface area contributed by atoms with E-state index in [2.05, 4.69) is 43.5 Å². The van der Waals surface area contributed by atoms with E-state index in [1.165, 1.54) is 180 Å². The third-order valence-corrected chi connectivity index (χ3v) is 10.7. The second kappa shape index (κ2) is 43.3. The van der Waals surface area contributed by atoms with Gasteiger partial charge in [0, 0.05) is 0 Å². The molecule has 0 aliphatic carbocycles. The highest BCUT2D eigenvalue weighted by atomic mass is 16.3. The number of carbonyl (C=O) groups excluding carboxylic acids is 1. The smallest absolute Gasteiger partial charge is 0.249 e. The van der Waals surface area contributed by atoms with Gasteiger partial charge in [-0.1, -0.05) is 217 Å². The molecule has 0 radical (unpaired) electrons. The maximum absolute atomic E-state index is 12.4. The Balaban J connectivity index is 3.51. The third-order valence-electron chi connectivity index (χ3n) is 10.7. The van der Waals surface area contributed by atoms with Crippen molar-refractivity contribution in [3.05, 3.63) is 36.5 Å². The van der Waals surface area contributed by atoms with Crippen LogP contribution in [0.4, 0.5) is 0 Å². The molecule has 0 aliphatic heterocycles. The molecule has 0 aromatic heterocycles. The first-order valence-corrected chi connectivity index (χ1v) is 23.3. The number of carbonyl (C=O) groups is 1. The van der Waals surface area contributed by atoms with Gasteiger partial charge in [0.25, 0.3) is 0 Å². The summed E-state index contributed by atoms with van der Waals surface area (Å²) in [5, 5.41) is 32.9. The molecule has 0 saturated heterocycles. The van der Waals surface area contributed by atoms with E-state index < -0.39 is 24.2 Å². The first-order valence-electron chi connectivity index (χ1n) is 23.3. The Kier molecular flexibility index (Phi) is 42.1. The van der Waals surface area contributed by atoms with E-state index in [0.29, 0.717) is 6.42 Å². The number of aliphatic hydroxyl groups is 3. The topological polar surface area (TPSA) is 89.8 Å². The fourth-order valence-electron chi connectivity index (χ4n) is 7.02. The molecule has 0 aromatic rings. The van der Waals surface area contributed by atoms with Crippen molar-refractivity contribution in [2.24, 2.45) is 0 Å². The van der Waals surface area contributed by atoms with Gasteiger partial charge >= 0.3 is 0 Å². The lowest BCUT2D eigenvalue weighted by atomic mass is 10.0. The predicted molar refractivity (Wildman–Crippen MR) is 231 cm³/mol. The zero-order valence-corrected chi connectivity index (χ0v) is 35.4. The summed E-state index contributed by atoms with van der Waals surface area (Å²) in [4.78, 5) is 12.4. The molecule has 53 heavy (non-hydrogen) atoms. The van der Waals surface area contributed by atoms with E-state index in [-0.39, 0.29) is 6.61 Å². The fourth-order valence-corrected chi connectivity index (χ4v) is 7.02. The number of allylic oxidation sites excluding steroid dienone is 5. The summed E-state index contributed by atoms with van der Waals surface area (Å²) in [6, 6.07) is -0.811. The van der Waals surface area contributed by atoms with Crippen molar-refractivity contribution in [2.45, 2.75) is 257 Å².